The molecule has 726 valence electrons. The number of benzene rings is 12. The van der Waals surface area contributed by atoms with Crippen LogP contribution in [0, 0.1) is 18.6 Å². The third kappa shape index (κ3) is 22.3. The number of phenolic OH excluding ortho intramolecular Hbond substituents is 3. The zero-order valence-electron chi connectivity index (χ0n) is 78.2. The monoisotopic (exact) mass is 2060 g/mol. The number of hydrogen-bond donors (Lipinski definition) is 9. The lowest BCUT2D eigenvalue weighted by atomic mass is 9.97. The lowest BCUT2D eigenvalue weighted by Crippen LogP contribution is -1.95. The minimum absolute atomic E-state index is 0.0631. The average Bonchev–Trinajstić information content (AvgIpc) is 0.749. The highest BCUT2D eigenvalue weighted by Gasteiger charge is 2.22. The van der Waals surface area contributed by atoms with Crippen LogP contribution in [0.4, 0.5) is 43.8 Å². The maximum atomic E-state index is 13.7. The maximum Gasteiger partial charge on any atom is 0.220 e. The number of aromatic nitrogens is 18. The van der Waals surface area contributed by atoms with Gasteiger partial charge in [0.2, 0.25) is 5.95 Å². The molecule has 149 heavy (non-hydrogen) atoms. The van der Waals surface area contributed by atoms with Gasteiger partial charge in [0.05, 0.1) is 82.3 Å². The largest absolute Gasteiger partial charge is 0.508 e. The molecule has 0 radical (unpaired) electrons. The highest BCUT2D eigenvalue weighted by Crippen LogP contribution is 2.44. The Morgan fingerprint density at radius 1 is 0.242 bits per heavy atom. The van der Waals surface area contributed by atoms with Crippen molar-refractivity contribution in [2.24, 2.45) is 0 Å². The zero-order chi connectivity index (χ0) is 103. The number of fused-ring (bicyclic) bond motifs is 6. The number of nitrogens with zero attached hydrogens (tertiary/aromatic N) is 18. The fourth-order valence-corrected chi connectivity index (χ4v) is 17.9. The molecule has 0 aliphatic rings. The predicted octanol–water partition coefficient (Wildman–Crippen LogP) is 26.6. The zero-order valence-corrected chi connectivity index (χ0v) is 82.0. The maximum absolute atomic E-state index is 13.7. The number of pyridine rings is 6. The van der Waals surface area contributed by atoms with E-state index in [1.54, 1.807) is 91.9 Å². The fraction of sp³-hybridized carbons (Fsp3) is 0.00870. The van der Waals surface area contributed by atoms with Crippen LogP contribution in [-0.2, 0) is 0 Å². The second-order valence-corrected chi connectivity index (χ2v) is 35.6. The summed E-state index contributed by atoms with van der Waals surface area (Å²) in [4.78, 5) is 76.6. The Bertz CT molecular complexity index is 8770. The van der Waals surface area contributed by atoms with Gasteiger partial charge >= 0.3 is 0 Å². The molecule has 0 spiro atoms. The minimum atomic E-state index is -0.525. The molecule has 0 fully saturated rings. The van der Waals surface area contributed by atoms with E-state index in [1.165, 1.54) is 55.9 Å². The Morgan fingerprint density at radius 3 is 0.980 bits per heavy atom. The van der Waals surface area contributed by atoms with Gasteiger partial charge in [-0.1, -0.05) is 167 Å². The number of aryl methyl sites for hydroxylation is 1. The number of anilines is 6. The van der Waals surface area contributed by atoms with E-state index >= 15 is 0 Å². The Balaban J connectivity index is 0.000000112. The number of nitrogens with two attached hydrogens (primary N) is 6. The van der Waals surface area contributed by atoms with Gasteiger partial charge < -0.3 is 49.7 Å². The summed E-state index contributed by atoms with van der Waals surface area (Å²) >= 11 is 30.9. The molecule has 0 saturated heterocycles. The number of nitrogen functional groups attached to an aromatic ring is 6. The quantitative estimate of drug-likeness (QED) is 0.0548. The summed E-state index contributed by atoms with van der Waals surface area (Å²) in [5, 5.41) is 36.5. The molecule has 0 atom stereocenters. The van der Waals surface area contributed by atoms with Crippen molar-refractivity contribution in [2.45, 2.75) is 6.92 Å². The number of hydrogen-bond acceptors (Lipinski definition) is 27. The molecule has 0 saturated carbocycles. The standard InChI is InChI=1S/C20H16N4O.C19H12Cl2N4.C19H12ClFN4.C19H13ClN4O.C19H13ClN4.C19H13FN4O/c1-12-7-14(9-15(25)8-12)19-16(3-2-6-22-19)13-4-5-18-17(10-13)20(21)24-11-23-18;20-15-5-1-3-13(17(15)21)18-12(4-2-8-23-18)11-6-7-16-14(9-11)19(22)25-10-24-16;20-15-8-12(5-6-16(15)21)18-14(2-1-7-23-18)11-3-4-13-10-24-19(22)25-17(13)9-11;20-13-6-12(7-14(25)9-13)18-15(2-1-5-22-18)11-3-4-17-16(8-11)19(21)24-10-23-17;20-16-6-2-1-4-14(16)18-13(5-3-9-22-18)12-7-8-17-15(10-12)19(21)24-11-23-17;20-13-6-12(7-14(25)9-13)18-15(2-1-5-22-18)11-3-4-17-16(8-11)19(21)24-10-23-17/h2-11,25H,1H3,(H2,21,23,24);2*1-10H,(H2,22,24,25);1-10,25H,(H2,21,23,24);1-11H,(H2,21,23,24);1-10,25H,(H2,21,23,24). The summed E-state index contributed by atoms with van der Waals surface area (Å²) in [6.45, 7) is 1.94. The topological polar surface area (TPSA) is 449 Å². The summed E-state index contributed by atoms with van der Waals surface area (Å²) < 4.78 is 27.2. The lowest BCUT2D eigenvalue weighted by molar-refractivity contribution is 0.469. The van der Waals surface area contributed by atoms with Gasteiger partial charge in [0.15, 0.2) is 0 Å². The molecule has 12 aromatic heterocycles. The van der Waals surface area contributed by atoms with Gasteiger partial charge in [0.1, 0.15) is 89.6 Å². The Labute approximate surface area is 873 Å². The van der Waals surface area contributed by atoms with Gasteiger partial charge in [0, 0.05) is 159 Å². The molecule has 12 heterocycles. The third-order valence-electron chi connectivity index (χ3n) is 23.8. The van der Waals surface area contributed by atoms with Crippen LogP contribution in [0.3, 0.4) is 0 Å². The van der Waals surface area contributed by atoms with Crippen LogP contribution in [0.2, 0.25) is 25.1 Å². The summed E-state index contributed by atoms with van der Waals surface area (Å²) in [5.41, 5.74) is 61.2. The summed E-state index contributed by atoms with van der Waals surface area (Å²) in [5.74, 6) is 1.58. The number of rotatable bonds is 12. The van der Waals surface area contributed by atoms with Crippen molar-refractivity contribution >= 4 is 158 Å². The van der Waals surface area contributed by atoms with Crippen LogP contribution in [0.25, 0.3) is 200 Å². The van der Waals surface area contributed by atoms with Crippen molar-refractivity contribution in [1.29, 1.82) is 0 Å². The van der Waals surface area contributed by atoms with Crippen molar-refractivity contribution in [3.63, 3.8) is 0 Å². The number of aromatic hydroxyl groups is 3. The molecule has 0 aliphatic heterocycles. The Morgan fingerprint density at radius 2 is 0.577 bits per heavy atom. The molecule has 24 aromatic rings. The first-order chi connectivity index (χ1) is 72.3. The molecule has 0 unspecified atom stereocenters. The second kappa shape index (κ2) is 44.1. The molecule has 12 aromatic carbocycles. The van der Waals surface area contributed by atoms with Crippen LogP contribution >= 0.6 is 58.0 Å². The molecular weight excluding hydrogens is 1980 g/mol. The number of phenols is 3. The normalized spacial score (nSPS) is 10.9. The minimum Gasteiger partial charge on any atom is -0.508 e. The van der Waals surface area contributed by atoms with E-state index in [1.807, 2.05) is 225 Å². The van der Waals surface area contributed by atoms with Crippen LogP contribution in [-0.4, -0.2) is 105 Å². The highest BCUT2D eigenvalue weighted by atomic mass is 35.5. The first-order valence-corrected chi connectivity index (χ1v) is 47.5. The Kier molecular flexibility index (Phi) is 29.3. The first kappa shape index (κ1) is 98.9. The highest BCUT2D eigenvalue weighted by molar-refractivity contribution is 6.44. The van der Waals surface area contributed by atoms with Crippen LogP contribution in [0.5, 0.6) is 17.2 Å². The van der Waals surface area contributed by atoms with Gasteiger partial charge in [-0.3, -0.25) is 29.9 Å². The van der Waals surface area contributed by atoms with Gasteiger partial charge in [-0.2, -0.15) is 0 Å². The molecule has 0 aliphatic carbocycles. The molecule has 27 nitrogen and oxygen atoms in total. The van der Waals surface area contributed by atoms with Gasteiger partial charge in [-0.25, -0.2) is 68.6 Å². The molecule has 34 heteroatoms. The van der Waals surface area contributed by atoms with Crippen molar-refractivity contribution in [1.82, 2.24) is 89.7 Å². The molecule has 0 amide bonds. The molecule has 24 rings (SSSR count). The van der Waals surface area contributed by atoms with E-state index in [2.05, 4.69) is 89.7 Å². The van der Waals surface area contributed by atoms with E-state index in [0.717, 1.165) is 194 Å². The summed E-state index contributed by atoms with van der Waals surface area (Å²) in [7, 11) is 0. The molecule has 15 N–H and O–H groups in total. The van der Waals surface area contributed by atoms with Gasteiger partial charge in [-0.15, -0.1) is 0 Å². The van der Waals surface area contributed by atoms with Crippen LogP contribution in [0.1, 0.15) is 5.56 Å². The average molecular weight is 2060 g/mol. The fourth-order valence-electron chi connectivity index (χ4n) is 16.9. The predicted molar refractivity (Wildman–Crippen MR) is 590 cm³/mol. The van der Waals surface area contributed by atoms with Crippen LogP contribution in [0.15, 0.2) is 372 Å². The summed E-state index contributed by atoms with van der Waals surface area (Å²) in [6.07, 6.45) is 19.2. The number of halogens is 7. The van der Waals surface area contributed by atoms with E-state index < -0.39 is 11.6 Å². The molecular formula is C115H79Cl5F2N24O3. The van der Waals surface area contributed by atoms with Gasteiger partial charge in [-0.05, 0) is 228 Å². The Hall–Kier alpha value is -18.9. The van der Waals surface area contributed by atoms with E-state index in [9.17, 15) is 24.1 Å². The SMILES string of the molecule is Cc1cc(O)cc(-c2ncccc2-c2ccc3ncnc(N)c3c2)c1.Nc1ncc2ccc(-c3cccnc3-c3ccc(F)c(Cl)c3)cc2n1.Nc1ncnc2ccc(-c3cccnc3-c3cc(O)cc(Cl)c3)cc12.Nc1ncnc2ccc(-c3cccnc3-c3cc(O)cc(F)c3)cc12.Nc1ncnc2ccc(-c3cccnc3-c3cccc(Cl)c3Cl)cc12.Nc1ncnc2ccc(-c3cccnc3-c3ccccc3Cl)cc12. The van der Waals surface area contributed by atoms with Gasteiger partial charge in [0.25, 0.3) is 0 Å². The van der Waals surface area contributed by atoms with Crippen molar-refractivity contribution in [3.05, 3.63) is 415 Å². The van der Waals surface area contributed by atoms with Crippen molar-refractivity contribution < 1.29 is 24.1 Å². The van der Waals surface area contributed by atoms with Crippen molar-refractivity contribution in [2.75, 3.05) is 34.4 Å². The van der Waals surface area contributed by atoms with E-state index in [-0.39, 0.29) is 28.2 Å². The summed E-state index contributed by atoms with van der Waals surface area (Å²) in [6, 6.07) is 89.9. The third-order valence-corrected chi connectivity index (χ3v) is 25.5. The smallest absolute Gasteiger partial charge is 0.220 e. The lowest BCUT2D eigenvalue weighted by Gasteiger charge is -2.12. The van der Waals surface area contributed by atoms with Crippen LogP contribution < -0.4 is 34.4 Å². The van der Waals surface area contributed by atoms with E-state index in [4.69, 9.17) is 92.4 Å². The van der Waals surface area contributed by atoms with Crippen molar-refractivity contribution in [3.8, 4) is 152 Å². The second-order valence-electron chi connectivity index (χ2n) is 33.5. The first-order valence-electron chi connectivity index (χ1n) is 45.6. The van der Waals surface area contributed by atoms with E-state index in [0.29, 0.717) is 66.1 Å². The molecule has 0 bridgehead atoms.